The summed E-state index contributed by atoms with van der Waals surface area (Å²) in [5.41, 5.74) is 5.77. The van der Waals surface area contributed by atoms with Gasteiger partial charge in [-0.15, -0.1) is 0 Å². The first-order chi connectivity index (χ1) is 8.49. The first-order valence-corrected chi connectivity index (χ1v) is 5.45. The Morgan fingerprint density at radius 2 is 1.83 bits per heavy atom. The van der Waals surface area contributed by atoms with Crippen LogP contribution in [0.1, 0.15) is 15.9 Å². The molecule has 0 aromatic heterocycles. The van der Waals surface area contributed by atoms with Crippen molar-refractivity contribution in [3.05, 3.63) is 58.4 Å². The highest BCUT2D eigenvalue weighted by Crippen LogP contribution is 2.30. The van der Waals surface area contributed by atoms with Crippen LogP contribution < -0.4 is 5.73 Å². The van der Waals surface area contributed by atoms with E-state index < -0.39 is 11.6 Å². The lowest BCUT2D eigenvalue weighted by molar-refractivity contribution is 0.103. The van der Waals surface area contributed by atoms with E-state index in [1.54, 1.807) is 0 Å². The SMILES string of the molecule is Nc1cc(Cl)cc(C(=O)c2ccc(F)cc2)c1O. The number of hydrogen-bond donors (Lipinski definition) is 2. The first-order valence-electron chi connectivity index (χ1n) is 5.07. The van der Waals surface area contributed by atoms with Crippen LogP contribution in [-0.2, 0) is 0 Å². The lowest BCUT2D eigenvalue weighted by Gasteiger charge is -2.07. The topological polar surface area (TPSA) is 63.3 Å². The number of carbonyl (C=O) groups excluding carboxylic acids is 1. The molecule has 0 spiro atoms. The van der Waals surface area contributed by atoms with E-state index in [9.17, 15) is 14.3 Å². The predicted molar refractivity (Wildman–Crippen MR) is 67.4 cm³/mol. The Morgan fingerprint density at radius 1 is 1.22 bits per heavy atom. The summed E-state index contributed by atoms with van der Waals surface area (Å²) in [5, 5.41) is 9.98. The smallest absolute Gasteiger partial charge is 0.196 e. The van der Waals surface area contributed by atoms with Crippen LogP contribution >= 0.6 is 11.6 Å². The number of ketones is 1. The second kappa shape index (κ2) is 4.66. The van der Waals surface area contributed by atoms with Gasteiger partial charge in [-0.05, 0) is 36.4 Å². The Balaban J connectivity index is 2.49. The number of nitrogen functional groups attached to an aromatic ring is 1. The maximum Gasteiger partial charge on any atom is 0.196 e. The molecule has 0 radical (unpaired) electrons. The summed E-state index contributed by atoms with van der Waals surface area (Å²) in [5.74, 6) is -1.24. The predicted octanol–water partition coefficient (Wildman–Crippen LogP) is 3.00. The van der Waals surface area contributed by atoms with Crippen molar-refractivity contribution in [2.45, 2.75) is 0 Å². The van der Waals surface area contributed by atoms with Crippen molar-refractivity contribution in [3.63, 3.8) is 0 Å². The average molecular weight is 266 g/mol. The molecule has 5 heteroatoms. The molecule has 0 saturated heterocycles. The van der Waals surface area contributed by atoms with Gasteiger partial charge in [-0.25, -0.2) is 4.39 Å². The highest BCUT2D eigenvalue weighted by molar-refractivity contribution is 6.31. The van der Waals surface area contributed by atoms with Crippen molar-refractivity contribution in [2.24, 2.45) is 0 Å². The molecule has 0 bridgehead atoms. The lowest BCUT2D eigenvalue weighted by Crippen LogP contribution is -2.03. The van der Waals surface area contributed by atoms with Crippen molar-refractivity contribution in [1.29, 1.82) is 0 Å². The molecule has 0 amide bonds. The van der Waals surface area contributed by atoms with Crippen molar-refractivity contribution < 1.29 is 14.3 Å². The second-order valence-corrected chi connectivity index (χ2v) is 4.16. The molecule has 0 atom stereocenters. The van der Waals surface area contributed by atoms with E-state index >= 15 is 0 Å². The summed E-state index contributed by atoms with van der Waals surface area (Å²) in [4.78, 5) is 12.1. The molecule has 0 aliphatic rings. The van der Waals surface area contributed by atoms with E-state index in [1.807, 2.05) is 0 Å². The molecule has 3 N–H and O–H groups in total. The van der Waals surface area contributed by atoms with E-state index in [0.29, 0.717) is 0 Å². The van der Waals surface area contributed by atoms with Gasteiger partial charge in [0.1, 0.15) is 11.6 Å². The highest BCUT2D eigenvalue weighted by atomic mass is 35.5. The number of carbonyl (C=O) groups is 1. The minimum atomic E-state index is -0.471. The summed E-state index contributed by atoms with van der Waals surface area (Å²) >= 11 is 5.78. The quantitative estimate of drug-likeness (QED) is 0.498. The Labute approximate surface area is 108 Å². The third-order valence-corrected chi connectivity index (χ3v) is 2.67. The second-order valence-electron chi connectivity index (χ2n) is 3.73. The molecule has 0 aliphatic heterocycles. The molecule has 0 fully saturated rings. The Morgan fingerprint density at radius 3 is 2.44 bits per heavy atom. The average Bonchev–Trinajstić information content (AvgIpc) is 2.34. The fraction of sp³-hybridized carbons (Fsp3) is 0. The van der Waals surface area contributed by atoms with Gasteiger partial charge in [0.05, 0.1) is 11.3 Å². The molecular weight excluding hydrogens is 257 g/mol. The van der Waals surface area contributed by atoms with Crippen LogP contribution in [-0.4, -0.2) is 10.9 Å². The van der Waals surface area contributed by atoms with Crippen molar-refractivity contribution in [1.82, 2.24) is 0 Å². The van der Waals surface area contributed by atoms with E-state index in [1.165, 1.54) is 24.3 Å². The maximum absolute atomic E-state index is 12.8. The van der Waals surface area contributed by atoms with Crippen LogP contribution in [0.25, 0.3) is 0 Å². The van der Waals surface area contributed by atoms with Crippen LogP contribution in [0, 0.1) is 5.82 Å². The van der Waals surface area contributed by atoms with Crippen LogP contribution in [0.15, 0.2) is 36.4 Å². The summed E-state index contributed by atoms with van der Waals surface area (Å²) in [6.45, 7) is 0. The number of nitrogens with two attached hydrogens (primary N) is 1. The molecule has 18 heavy (non-hydrogen) atoms. The minimum Gasteiger partial charge on any atom is -0.505 e. The van der Waals surface area contributed by atoms with E-state index in [2.05, 4.69) is 0 Å². The number of hydrogen-bond acceptors (Lipinski definition) is 3. The van der Waals surface area contributed by atoms with Crippen molar-refractivity contribution in [3.8, 4) is 5.75 Å². The van der Waals surface area contributed by atoms with Gasteiger partial charge in [0.25, 0.3) is 0 Å². The van der Waals surface area contributed by atoms with E-state index in [0.717, 1.165) is 12.1 Å². The zero-order chi connectivity index (χ0) is 13.3. The number of anilines is 1. The standard InChI is InChI=1S/C13H9ClFNO2/c14-8-5-10(13(18)11(16)6-8)12(17)7-1-3-9(15)4-2-7/h1-6,18H,16H2. The van der Waals surface area contributed by atoms with Crippen LogP contribution in [0.5, 0.6) is 5.75 Å². The maximum atomic E-state index is 12.8. The zero-order valence-electron chi connectivity index (χ0n) is 9.15. The molecule has 0 saturated carbocycles. The lowest BCUT2D eigenvalue weighted by atomic mass is 10.0. The third-order valence-electron chi connectivity index (χ3n) is 2.46. The van der Waals surface area contributed by atoms with Gasteiger partial charge in [-0.3, -0.25) is 4.79 Å². The third kappa shape index (κ3) is 2.28. The summed E-state index contributed by atoms with van der Waals surface area (Å²) < 4.78 is 12.8. The zero-order valence-corrected chi connectivity index (χ0v) is 9.91. The normalized spacial score (nSPS) is 10.3. The van der Waals surface area contributed by atoms with Crippen LogP contribution in [0.4, 0.5) is 10.1 Å². The van der Waals surface area contributed by atoms with Gasteiger partial charge in [-0.2, -0.15) is 0 Å². The number of phenolic OH excluding ortho intramolecular Hbond substituents is 1. The van der Waals surface area contributed by atoms with Gasteiger partial charge in [0.2, 0.25) is 0 Å². The van der Waals surface area contributed by atoms with E-state index in [4.69, 9.17) is 17.3 Å². The Kier molecular flexibility index (Phi) is 3.21. The van der Waals surface area contributed by atoms with Gasteiger partial charge >= 0.3 is 0 Å². The summed E-state index contributed by atoms with van der Waals surface area (Å²) in [6.07, 6.45) is 0. The number of halogens is 2. The van der Waals surface area contributed by atoms with E-state index in [-0.39, 0.29) is 27.6 Å². The molecule has 0 unspecified atom stereocenters. The van der Waals surface area contributed by atoms with Gasteiger partial charge in [0.15, 0.2) is 5.78 Å². The van der Waals surface area contributed by atoms with Crippen LogP contribution in [0.2, 0.25) is 5.02 Å². The summed E-state index contributed by atoms with van der Waals surface area (Å²) in [7, 11) is 0. The van der Waals surface area contributed by atoms with Gasteiger partial charge < -0.3 is 10.8 Å². The minimum absolute atomic E-state index is 0.00777. The molecule has 2 aromatic carbocycles. The van der Waals surface area contributed by atoms with Crippen LogP contribution in [0.3, 0.4) is 0 Å². The fourth-order valence-corrected chi connectivity index (χ4v) is 1.78. The Hall–Kier alpha value is -2.07. The summed E-state index contributed by atoms with van der Waals surface area (Å²) in [6, 6.07) is 7.65. The molecule has 2 rings (SSSR count). The molecule has 2 aromatic rings. The first kappa shape index (κ1) is 12.4. The van der Waals surface area contributed by atoms with Crippen molar-refractivity contribution in [2.75, 3.05) is 5.73 Å². The van der Waals surface area contributed by atoms with Crippen molar-refractivity contribution >= 4 is 23.1 Å². The number of rotatable bonds is 2. The fourth-order valence-electron chi connectivity index (χ4n) is 1.55. The monoisotopic (exact) mass is 265 g/mol. The van der Waals surface area contributed by atoms with Gasteiger partial charge in [0, 0.05) is 10.6 Å². The largest absolute Gasteiger partial charge is 0.505 e. The highest BCUT2D eigenvalue weighted by Gasteiger charge is 2.16. The molecule has 0 aliphatic carbocycles. The molecular formula is C13H9ClFNO2. The number of phenols is 1. The Bertz CT molecular complexity index is 611. The number of aromatic hydroxyl groups is 1. The molecule has 3 nitrogen and oxygen atoms in total. The van der Waals surface area contributed by atoms with Gasteiger partial charge in [-0.1, -0.05) is 11.6 Å². The molecule has 0 heterocycles. The molecule has 92 valence electrons. The number of benzene rings is 2.